The molecule has 3 N–H and O–H groups in total. The van der Waals surface area contributed by atoms with Crippen molar-refractivity contribution < 1.29 is 9.47 Å². The Morgan fingerprint density at radius 2 is 1.94 bits per heavy atom. The van der Waals surface area contributed by atoms with E-state index < -0.39 is 0 Å². The summed E-state index contributed by atoms with van der Waals surface area (Å²) in [5, 5.41) is 3.16. The molecular formula is C13H22N2O2. The Labute approximate surface area is 103 Å². The first kappa shape index (κ1) is 13.8. The minimum absolute atomic E-state index is 0.0702. The second kappa shape index (κ2) is 5.89. The Hall–Kier alpha value is -1.26. The van der Waals surface area contributed by atoms with Gasteiger partial charge in [0.05, 0.1) is 14.2 Å². The standard InChI is InChI=1S/C13H22N2O2/c1-13(2,8-15-9-14)11-7-10(16-3)5-6-12(11)17-4/h5-7,15H,8-9,14H2,1-4H3. The van der Waals surface area contributed by atoms with Gasteiger partial charge in [-0.15, -0.1) is 0 Å². The summed E-state index contributed by atoms with van der Waals surface area (Å²) in [5.41, 5.74) is 6.51. The van der Waals surface area contributed by atoms with Crippen molar-refractivity contribution in [3.8, 4) is 11.5 Å². The Morgan fingerprint density at radius 1 is 1.24 bits per heavy atom. The highest BCUT2D eigenvalue weighted by molar-refractivity contribution is 5.44. The number of rotatable bonds is 6. The monoisotopic (exact) mass is 238 g/mol. The molecule has 96 valence electrons. The molecule has 0 amide bonds. The molecule has 1 aromatic rings. The van der Waals surface area contributed by atoms with Crippen LogP contribution < -0.4 is 20.5 Å². The van der Waals surface area contributed by atoms with Gasteiger partial charge in [-0.1, -0.05) is 13.8 Å². The molecule has 0 spiro atoms. The number of ether oxygens (including phenoxy) is 2. The van der Waals surface area contributed by atoms with E-state index >= 15 is 0 Å². The quantitative estimate of drug-likeness (QED) is 0.737. The summed E-state index contributed by atoms with van der Waals surface area (Å²) in [6, 6.07) is 5.84. The van der Waals surface area contributed by atoms with E-state index in [2.05, 4.69) is 19.2 Å². The van der Waals surface area contributed by atoms with Crippen LogP contribution in [0.1, 0.15) is 19.4 Å². The molecule has 0 aromatic heterocycles. The van der Waals surface area contributed by atoms with E-state index in [-0.39, 0.29) is 5.41 Å². The summed E-state index contributed by atoms with van der Waals surface area (Å²) < 4.78 is 10.6. The lowest BCUT2D eigenvalue weighted by molar-refractivity contribution is 0.378. The second-order valence-electron chi connectivity index (χ2n) is 4.58. The van der Waals surface area contributed by atoms with E-state index in [0.29, 0.717) is 6.67 Å². The first-order valence-electron chi connectivity index (χ1n) is 5.68. The third-order valence-corrected chi connectivity index (χ3v) is 2.85. The van der Waals surface area contributed by atoms with Crippen LogP contribution in [0, 0.1) is 0 Å². The highest BCUT2D eigenvalue weighted by Gasteiger charge is 2.24. The van der Waals surface area contributed by atoms with Crippen molar-refractivity contribution in [3.63, 3.8) is 0 Å². The normalized spacial score (nSPS) is 11.4. The van der Waals surface area contributed by atoms with Crippen molar-refractivity contribution >= 4 is 0 Å². The molecule has 1 aromatic carbocycles. The minimum Gasteiger partial charge on any atom is -0.497 e. The number of hydrogen-bond donors (Lipinski definition) is 2. The molecule has 0 saturated heterocycles. The zero-order chi connectivity index (χ0) is 12.9. The number of benzene rings is 1. The van der Waals surface area contributed by atoms with Gasteiger partial charge in [-0.25, -0.2) is 0 Å². The van der Waals surface area contributed by atoms with Crippen molar-refractivity contribution in [1.82, 2.24) is 5.32 Å². The van der Waals surface area contributed by atoms with Crippen molar-refractivity contribution in [2.24, 2.45) is 5.73 Å². The molecule has 0 bridgehead atoms. The Kier molecular flexibility index (Phi) is 4.78. The van der Waals surface area contributed by atoms with Gasteiger partial charge in [-0.2, -0.15) is 0 Å². The van der Waals surface area contributed by atoms with Gasteiger partial charge in [0.15, 0.2) is 0 Å². The van der Waals surface area contributed by atoms with Gasteiger partial charge in [-0.3, -0.25) is 0 Å². The summed E-state index contributed by atoms with van der Waals surface area (Å²) in [6.45, 7) is 5.54. The van der Waals surface area contributed by atoms with Crippen LogP contribution in [0.5, 0.6) is 11.5 Å². The van der Waals surface area contributed by atoms with E-state index in [1.807, 2.05) is 18.2 Å². The average molecular weight is 238 g/mol. The Balaban J connectivity index is 3.07. The van der Waals surface area contributed by atoms with Gasteiger partial charge in [0.2, 0.25) is 0 Å². The zero-order valence-corrected chi connectivity index (χ0v) is 11.0. The predicted octanol–water partition coefficient (Wildman–Crippen LogP) is 1.49. The molecule has 0 unspecified atom stereocenters. The van der Waals surface area contributed by atoms with Crippen molar-refractivity contribution in [1.29, 1.82) is 0 Å². The fraction of sp³-hybridized carbons (Fsp3) is 0.538. The highest BCUT2D eigenvalue weighted by Crippen LogP contribution is 2.34. The molecule has 4 heteroatoms. The smallest absolute Gasteiger partial charge is 0.122 e. The fourth-order valence-electron chi connectivity index (χ4n) is 1.82. The van der Waals surface area contributed by atoms with Crippen LogP contribution in [0.25, 0.3) is 0 Å². The molecule has 0 radical (unpaired) electrons. The van der Waals surface area contributed by atoms with E-state index in [4.69, 9.17) is 15.2 Å². The third kappa shape index (κ3) is 3.35. The van der Waals surface area contributed by atoms with Crippen molar-refractivity contribution in [2.45, 2.75) is 19.3 Å². The van der Waals surface area contributed by atoms with Crippen LogP contribution in [0.4, 0.5) is 0 Å². The molecule has 0 aliphatic carbocycles. The molecule has 0 saturated carbocycles. The van der Waals surface area contributed by atoms with E-state index in [1.165, 1.54) is 0 Å². The second-order valence-corrected chi connectivity index (χ2v) is 4.58. The minimum atomic E-state index is -0.0702. The summed E-state index contributed by atoms with van der Waals surface area (Å²) >= 11 is 0. The highest BCUT2D eigenvalue weighted by atomic mass is 16.5. The molecule has 17 heavy (non-hydrogen) atoms. The predicted molar refractivity (Wildman–Crippen MR) is 69.6 cm³/mol. The molecule has 0 fully saturated rings. The summed E-state index contributed by atoms with van der Waals surface area (Å²) in [7, 11) is 3.34. The van der Waals surface area contributed by atoms with E-state index in [0.717, 1.165) is 23.6 Å². The Bertz CT molecular complexity index is 364. The van der Waals surface area contributed by atoms with Crippen molar-refractivity contribution in [3.05, 3.63) is 23.8 Å². The van der Waals surface area contributed by atoms with Gasteiger partial charge in [0.1, 0.15) is 11.5 Å². The first-order chi connectivity index (χ1) is 8.05. The van der Waals surface area contributed by atoms with Crippen molar-refractivity contribution in [2.75, 3.05) is 27.4 Å². The molecule has 4 nitrogen and oxygen atoms in total. The maximum absolute atomic E-state index is 5.47. The van der Waals surface area contributed by atoms with Crippen LogP contribution in [-0.4, -0.2) is 27.4 Å². The summed E-state index contributed by atoms with van der Waals surface area (Å²) in [6.07, 6.45) is 0. The Morgan fingerprint density at radius 3 is 2.47 bits per heavy atom. The maximum atomic E-state index is 5.47. The molecular weight excluding hydrogens is 216 g/mol. The third-order valence-electron chi connectivity index (χ3n) is 2.85. The molecule has 0 aliphatic rings. The number of nitrogens with one attached hydrogen (secondary N) is 1. The topological polar surface area (TPSA) is 56.5 Å². The number of nitrogens with two attached hydrogens (primary N) is 1. The first-order valence-corrected chi connectivity index (χ1v) is 5.68. The van der Waals surface area contributed by atoms with Crippen LogP contribution in [0.2, 0.25) is 0 Å². The number of methoxy groups -OCH3 is 2. The van der Waals surface area contributed by atoms with Gasteiger partial charge in [0, 0.05) is 24.2 Å². The molecule has 0 aliphatic heterocycles. The molecule has 0 heterocycles. The average Bonchev–Trinajstić information content (AvgIpc) is 2.35. The lowest BCUT2D eigenvalue weighted by Crippen LogP contribution is -2.36. The zero-order valence-electron chi connectivity index (χ0n) is 11.0. The summed E-state index contributed by atoms with van der Waals surface area (Å²) in [4.78, 5) is 0. The van der Waals surface area contributed by atoms with E-state index in [1.54, 1.807) is 14.2 Å². The van der Waals surface area contributed by atoms with E-state index in [9.17, 15) is 0 Å². The lowest BCUT2D eigenvalue weighted by atomic mass is 9.83. The van der Waals surface area contributed by atoms with Crippen LogP contribution in [-0.2, 0) is 5.41 Å². The number of hydrogen-bond acceptors (Lipinski definition) is 4. The summed E-state index contributed by atoms with van der Waals surface area (Å²) in [5.74, 6) is 1.70. The van der Waals surface area contributed by atoms with Crippen LogP contribution in [0.15, 0.2) is 18.2 Å². The SMILES string of the molecule is COc1ccc(OC)c(C(C)(C)CNCN)c1. The van der Waals surface area contributed by atoms with Gasteiger partial charge in [-0.05, 0) is 18.2 Å². The molecule has 1 rings (SSSR count). The lowest BCUT2D eigenvalue weighted by Gasteiger charge is -2.27. The van der Waals surface area contributed by atoms with Gasteiger partial charge >= 0.3 is 0 Å². The van der Waals surface area contributed by atoms with Crippen LogP contribution >= 0.6 is 0 Å². The van der Waals surface area contributed by atoms with Gasteiger partial charge < -0.3 is 20.5 Å². The van der Waals surface area contributed by atoms with Gasteiger partial charge in [0.25, 0.3) is 0 Å². The maximum Gasteiger partial charge on any atom is 0.122 e. The van der Waals surface area contributed by atoms with Crippen LogP contribution in [0.3, 0.4) is 0 Å². The largest absolute Gasteiger partial charge is 0.497 e. The fourth-order valence-corrected chi connectivity index (χ4v) is 1.82. The molecule has 0 atom stereocenters.